The standard InChI is InChI=1S/C21H30N6O/c1-24(2)18-7-8-26(14-18)20(28)19-9-16(13-27(19)12-15-5-6-15)17-10-22-21(23-11-17)25(3)4/h9-11,13,15,18H,5-8,12,14H2,1-4H3/t18-/m0/s1. The minimum Gasteiger partial charge on any atom is -0.347 e. The highest BCUT2D eigenvalue weighted by Crippen LogP contribution is 2.33. The van der Waals surface area contributed by atoms with Crippen LogP contribution in [0.4, 0.5) is 5.95 Å². The van der Waals surface area contributed by atoms with Gasteiger partial charge in [0.15, 0.2) is 0 Å². The largest absolute Gasteiger partial charge is 0.347 e. The number of carbonyl (C=O) groups excluding carboxylic acids is 1. The molecule has 1 atom stereocenters. The molecule has 2 fully saturated rings. The number of nitrogens with zero attached hydrogens (tertiary/aromatic N) is 6. The Kier molecular flexibility index (Phi) is 5.10. The predicted octanol–water partition coefficient (Wildman–Crippen LogP) is 2.20. The van der Waals surface area contributed by atoms with Crippen molar-refractivity contribution in [2.45, 2.75) is 31.8 Å². The maximum Gasteiger partial charge on any atom is 0.270 e. The smallest absolute Gasteiger partial charge is 0.270 e. The molecule has 0 spiro atoms. The van der Waals surface area contributed by atoms with Crippen molar-refractivity contribution in [3.63, 3.8) is 0 Å². The van der Waals surface area contributed by atoms with Crippen LogP contribution in [0.3, 0.4) is 0 Å². The number of likely N-dealkylation sites (tertiary alicyclic amines) is 1. The van der Waals surface area contributed by atoms with Crippen molar-refractivity contribution < 1.29 is 4.79 Å². The fourth-order valence-corrected chi connectivity index (χ4v) is 3.79. The van der Waals surface area contributed by atoms with Crippen LogP contribution in [0, 0.1) is 5.92 Å². The van der Waals surface area contributed by atoms with Gasteiger partial charge in [0.1, 0.15) is 5.69 Å². The lowest BCUT2D eigenvalue weighted by Crippen LogP contribution is -2.35. The fraction of sp³-hybridized carbons (Fsp3) is 0.571. The second-order valence-corrected chi connectivity index (χ2v) is 8.53. The number of rotatable bonds is 6. The number of anilines is 1. The SMILES string of the molecule is CN(C)c1ncc(-c2cc(C(=O)N3CC[C@H](N(C)C)C3)n(CC3CC3)c2)cn1. The van der Waals surface area contributed by atoms with Gasteiger partial charge in [0.2, 0.25) is 5.95 Å². The normalized spacial score (nSPS) is 19.5. The van der Waals surface area contributed by atoms with Gasteiger partial charge in [0, 0.05) is 69.5 Å². The maximum absolute atomic E-state index is 13.3. The van der Waals surface area contributed by atoms with Crippen molar-refractivity contribution in [3.8, 4) is 11.1 Å². The average Bonchev–Trinajstić information content (AvgIpc) is 3.19. The summed E-state index contributed by atoms with van der Waals surface area (Å²) in [7, 11) is 8.03. The first-order valence-corrected chi connectivity index (χ1v) is 10.1. The molecule has 1 saturated heterocycles. The molecule has 2 aliphatic rings. The van der Waals surface area contributed by atoms with Crippen LogP contribution in [0.2, 0.25) is 0 Å². The molecule has 2 aromatic heterocycles. The Morgan fingerprint density at radius 1 is 1.11 bits per heavy atom. The minimum absolute atomic E-state index is 0.141. The summed E-state index contributed by atoms with van der Waals surface area (Å²) >= 11 is 0. The first-order chi connectivity index (χ1) is 13.4. The zero-order chi connectivity index (χ0) is 19.8. The van der Waals surface area contributed by atoms with Gasteiger partial charge in [0.25, 0.3) is 5.91 Å². The predicted molar refractivity (Wildman–Crippen MR) is 111 cm³/mol. The van der Waals surface area contributed by atoms with Gasteiger partial charge in [-0.15, -0.1) is 0 Å². The Hall–Kier alpha value is -2.41. The molecule has 0 bridgehead atoms. The van der Waals surface area contributed by atoms with E-state index in [1.165, 1.54) is 12.8 Å². The molecule has 1 amide bonds. The van der Waals surface area contributed by atoms with Crippen molar-refractivity contribution in [3.05, 3.63) is 30.4 Å². The Morgan fingerprint density at radius 3 is 2.39 bits per heavy atom. The number of amides is 1. The van der Waals surface area contributed by atoms with E-state index in [0.717, 1.165) is 42.9 Å². The highest BCUT2D eigenvalue weighted by molar-refractivity contribution is 5.94. The molecule has 150 valence electrons. The summed E-state index contributed by atoms with van der Waals surface area (Å²) in [6.07, 6.45) is 9.33. The van der Waals surface area contributed by atoms with Crippen LogP contribution in [0.5, 0.6) is 0 Å². The van der Waals surface area contributed by atoms with Gasteiger partial charge in [-0.05, 0) is 45.3 Å². The van der Waals surface area contributed by atoms with Crippen LogP contribution in [0.25, 0.3) is 11.1 Å². The van der Waals surface area contributed by atoms with Crippen molar-refractivity contribution in [2.75, 3.05) is 46.2 Å². The highest BCUT2D eigenvalue weighted by Gasteiger charge is 2.31. The van der Waals surface area contributed by atoms with E-state index >= 15 is 0 Å². The van der Waals surface area contributed by atoms with E-state index in [2.05, 4.69) is 39.7 Å². The van der Waals surface area contributed by atoms with E-state index in [1.807, 2.05) is 42.4 Å². The molecule has 0 unspecified atom stereocenters. The third kappa shape index (κ3) is 3.90. The van der Waals surface area contributed by atoms with Crippen molar-refractivity contribution in [1.29, 1.82) is 0 Å². The lowest BCUT2D eigenvalue weighted by Gasteiger charge is -2.21. The molecule has 4 rings (SSSR count). The van der Waals surface area contributed by atoms with Gasteiger partial charge in [-0.25, -0.2) is 9.97 Å². The third-order valence-electron chi connectivity index (χ3n) is 5.82. The Morgan fingerprint density at radius 2 is 1.82 bits per heavy atom. The summed E-state index contributed by atoms with van der Waals surface area (Å²) < 4.78 is 2.15. The summed E-state index contributed by atoms with van der Waals surface area (Å²) in [5.41, 5.74) is 2.75. The molecule has 1 saturated carbocycles. The molecular formula is C21H30N6O. The van der Waals surface area contributed by atoms with Gasteiger partial charge in [-0.2, -0.15) is 0 Å². The van der Waals surface area contributed by atoms with Crippen LogP contribution in [-0.4, -0.2) is 77.6 Å². The van der Waals surface area contributed by atoms with Crippen molar-refractivity contribution >= 4 is 11.9 Å². The second kappa shape index (κ2) is 7.54. The van der Waals surface area contributed by atoms with E-state index in [9.17, 15) is 4.79 Å². The number of likely N-dealkylation sites (N-methyl/N-ethyl adjacent to an activating group) is 1. The van der Waals surface area contributed by atoms with Crippen molar-refractivity contribution in [2.24, 2.45) is 5.92 Å². The zero-order valence-electron chi connectivity index (χ0n) is 17.3. The molecule has 1 aliphatic heterocycles. The first-order valence-electron chi connectivity index (χ1n) is 10.1. The van der Waals surface area contributed by atoms with E-state index in [1.54, 1.807) is 0 Å². The minimum atomic E-state index is 0.141. The third-order valence-corrected chi connectivity index (χ3v) is 5.82. The summed E-state index contributed by atoms with van der Waals surface area (Å²) in [5, 5.41) is 0. The summed E-state index contributed by atoms with van der Waals surface area (Å²) in [6.45, 7) is 2.55. The van der Waals surface area contributed by atoms with E-state index in [0.29, 0.717) is 17.9 Å². The molecule has 0 N–H and O–H groups in total. The molecule has 7 heteroatoms. The van der Waals surface area contributed by atoms with E-state index < -0.39 is 0 Å². The monoisotopic (exact) mass is 382 g/mol. The van der Waals surface area contributed by atoms with Crippen LogP contribution in [0.15, 0.2) is 24.7 Å². The lowest BCUT2D eigenvalue weighted by atomic mass is 10.2. The number of carbonyl (C=O) groups is 1. The molecular weight excluding hydrogens is 352 g/mol. The lowest BCUT2D eigenvalue weighted by molar-refractivity contribution is 0.0772. The van der Waals surface area contributed by atoms with Gasteiger partial charge < -0.3 is 19.3 Å². The van der Waals surface area contributed by atoms with Crippen molar-refractivity contribution in [1.82, 2.24) is 24.3 Å². The maximum atomic E-state index is 13.3. The number of aromatic nitrogens is 3. The van der Waals surface area contributed by atoms with Crippen LogP contribution in [0.1, 0.15) is 29.8 Å². The van der Waals surface area contributed by atoms with Crippen LogP contribution in [-0.2, 0) is 6.54 Å². The van der Waals surface area contributed by atoms with Gasteiger partial charge >= 0.3 is 0 Å². The van der Waals surface area contributed by atoms with Crippen LogP contribution < -0.4 is 4.90 Å². The topological polar surface area (TPSA) is 57.5 Å². The summed E-state index contributed by atoms with van der Waals surface area (Å²) in [6, 6.07) is 2.46. The highest BCUT2D eigenvalue weighted by atomic mass is 16.2. The quantitative estimate of drug-likeness (QED) is 0.767. The Labute approximate surface area is 167 Å². The van der Waals surface area contributed by atoms with Gasteiger partial charge in [-0.1, -0.05) is 0 Å². The van der Waals surface area contributed by atoms with Gasteiger partial charge in [-0.3, -0.25) is 4.79 Å². The second-order valence-electron chi connectivity index (χ2n) is 8.53. The summed E-state index contributed by atoms with van der Waals surface area (Å²) in [5.74, 6) is 1.53. The number of hydrogen-bond donors (Lipinski definition) is 0. The molecule has 7 nitrogen and oxygen atoms in total. The Balaban J connectivity index is 1.60. The first kappa shape index (κ1) is 18.9. The van der Waals surface area contributed by atoms with Gasteiger partial charge in [0.05, 0.1) is 0 Å². The fourth-order valence-electron chi connectivity index (χ4n) is 3.79. The molecule has 0 radical (unpaired) electrons. The van der Waals surface area contributed by atoms with E-state index in [4.69, 9.17) is 0 Å². The molecule has 3 heterocycles. The van der Waals surface area contributed by atoms with Crippen LogP contribution >= 0.6 is 0 Å². The molecule has 1 aliphatic carbocycles. The molecule has 28 heavy (non-hydrogen) atoms. The zero-order valence-corrected chi connectivity index (χ0v) is 17.3. The molecule has 0 aromatic carbocycles. The average molecular weight is 383 g/mol. The molecule has 2 aromatic rings. The Bertz CT molecular complexity index is 837. The number of hydrogen-bond acceptors (Lipinski definition) is 5. The van der Waals surface area contributed by atoms with E-state index in [-0.39, 0.29) is 5.91 Å². The summed E-state index contributed by atoms with van der Waals surface area (Å²) in [4.78, 5) is 28.2.